The van der Waals surface area contributed by atoms with E-state index in [4.69, 9.17) is 0 Å². The average molecular weight is 256 g/mol. The summed E-state index contributed by atoms with van der Waals surface area (Å²) in [5.74, 6) is 1.91. The van der Waals surface area contributed by atoms with Crippen LogP contribution in [0, 0.1) is 0 Å². The molecule has 0 spiro atoms. The van der Waals surface area contributed by atoms with E-state index in [0.717, 1.165) is 13.1 Å². The molecule has 0 atom stereocenters. The highest BCUT2D eigenvalue weighted by molar-refractivity contribution is 9.10. The van der Waals surface area contributed by atoms with Crippen LogP contribution in [0.3, 0.4) is 0 Å². The summed E-state index contributed by atoms with van der Waals surface area (Å²) >= 11 is 3.67. The molecule has 1 saturated carbocycles. The Morgan fingerprint density at radius 1 is 1.36 bits per heavy atom. The van der Waals surface area contributed by atoms with Crippen LogP contribution in [-0.4, -0.2) is 16.3 Å². The second kappa shape index (κ2) is 3.26. The van der Waals surface area contributed by atoms with Gasteiger partial charge in [0, 0.05) is 19.0 Å². The standard InChI is InChI=1S/C10H14BrN3/c11-8-9(7-3-1-4-7)13-14-6-2-5-12-10(8)14/h7,12H,1-6H2. The second-order valence-corrected chi connectivity index (χ2v) is 4.97. The van der Waals surface area contributed by atoms with Crippen LogP contribution >= 0.6 is 15.9 Å². The van der Waals surface area contributed by atoms with Crippen molar-refractivity contribution in [1.82, 2.24) is 9.78 Å². The number of hydrogen-bond acceptors (Lipinski definition) is 2. The fourth-order valence-electron chi connectivity index (χ4n) is 2.17. The lowest BCUT2D eigenvalue weighted by Crippen LogP contribution is -2.17. The van der Waals surface area contributed by atoms with E-state index in [2.05, 4.69) is 31.0 Å². The molecule has 3 rings (SSSR count). The van der Waals surface area contributed by atoms with E-state index in [1.807, 2.05) is 0 Å². The normalized spacial score (nSPS) is 21.2. The van der Waals surface area contributed by atoms with Crippen molar-refractivity contribution in [2.24, 2.45) is 0 Å². The zero-order chi connectivity index (χ0) is 9.54. The molecule has 1 aliphatic carbocycles. The third-order valence-electron chi connectivity index (χ3n) is 3.25. The summed E-state index contributed by atoms with van der Waals surface area (Å²) in [6.07, 6.45) is 5.18. The molecule has 1 fully saturated rings. The number of nitrogens with zero attached hydrogens (tertiary/aromatic N) is 2. The number of anilines is 1. The molecule has 1 aliphatic heterocycles. The van der Waals surface area contributed by atoms with E-state index in [9.17, 15) is 0 Å². The summed E-state index contributed by atoms with van der Waals surface area (Å²) < 4.78 is 3.32. The molecule has 0 saturated heterocycles. The molecule has 14 heavy (non-hydrogen) atoms. The monoisotopic (exact) mass is 255 g/mol. The van der Waals surface area contributed by atoms with E-state index >= 15 is 0 Å². The van der Waals surface area contributed by atoms with E-state index < -0.39 is 0 Å². The molecule has 2 heterocycles. The predicted molar refractivity (Wildman–Crippen MR) is 59.6 cm³/mol. The van der Waals surface area contributed by atoms with Crippen molar-refractivity contribution in [3.05, 3.63) is 10.2 Å². The summed E-state index contributed by atoms with van der Waals surface area (Å²) in [5.41, 5.74) is 1.28. The van der Waals surface area contributed by atoms with E-state index in [0.29, 0.717) is 5.92 Å². The third kappa shape index (κ3) is 1.20. The van der Waals surface area contributed by atoms with Crippen molar-refractivity contribution in [2.75, 3.05) is 11.9 Å². The number of rotatable bonds is 1. The molecule has 0 radical (unpaired) electrons. The third-order valence-corrected chi connectivity index (χ3v) is 4.03. The SMILES string of the molecule is Brc1c(C2CCC2)nn2c1NCCC2. The Morgan fingerprint density at radius 2 is 2.21 bits per heavy atom. The topological polar surface area (TPSA) is 29.9 Å². The van der Waals surface area contributed by atoms with Crippen LogP contribution in [0.4, 0.5) is 5.82 Å². The van der Waals surface area contributed by atoms with Gasteiger partial charge in [-0.3, -0.25) is 0 Å². The van der Waals surface area contributed by atoms with Crippen LogP contribution in [0.5, 0.6) is 0 Å². The Bertz CT molecular complexity index is 354. The molecule has 0 unspecified atom stereocenters. The minimum atomic E-state index is 0.712. The van der Waals surface area contributed by atoms with E-state index in [1.54, 1.807) is 0 Å². The fraction of sp³-hybridized carbons (Fsp3) is 0.700. The van der Waals surface area contributed by atoms with Crippen molar-refractivity contribution in [3.8, 4) is 0 Å². The number of aromatic nitrogens is 2. The minimum Gasteiger partial charge on any atom is -0.369 e. The zero-order valence-corrected chi connectivity index (χ0v) is 9.68. The Labute approximate surface area is 92.0 Å². The lowest BCUT2D eigenvalue weighted by molar-refractivity contribution is 0.403. The van der Waals surface area contributed by atoms with Gasteiger partial charge in [-0.15, -0.1) is 0 Å². The van der Waals surface area contributed by atoms with E-state index in [-0.39, 0.29) is 0 Å². The summed E-state index contributed by atoms with van der Waals surface area (Å²) in [5, 5.41) is 8.09. The quantitative estimate of drug-likeness (QED) is 0.837. The van der Waals surface area contributed by atoms with Crippen LogP contribution in [-0.2, 0) is 6.54 Å². The number of fused-ring (bicyclic) bond motifs is 1. The van der Waals surface area contributed by atoms with Crippen LogP contribution in [0.2, 0.25) is 0 Å². The van der Waals surface area contributed by atoms with Gasteiger partial charge in [-0.2, -0.15) is 5.10 Å². The molecule has 0 aromatic carbocycles. The first kappa shape index (κ1) is 8.77. The molecule has 1 aromatic heterocycles. The van der Waals surface area contributed by atoms with Gasteiger partial charge in [-0.25, -0.2) is 4.68 Å². The highest BCUT2D eigenvalue weighted by Crippen LogP contribution is 2.42. The lowest BCUT2D eigenvalue weighted by Gasteiger charge is -2.23. The van der Waals surface area contributed by atoms with Crippen molar-refractivity contribution < 1.29 is 0 Å². The lowest BCUT2D eigenvalue weighted by atomic mass is 9.83. The Kier molecular flexibility index (Phi) is 2.04. The van der Waals surface area contributed by atoms with E-state index in [1.165, 1.54) is 41.7 Å². The average Bonchev–Trinajstić information content (AvgIpc) is 2.43. The molecular formula is C10H14BrN3. The van der Waals surface area contributed by atoms with Gasteiger partial charge in [-0.1, -0.05) is 6.42 Å². The molecule has 1 aromatic rings. The zero-order valence-electron chi connectivity index (χ0n) is 8.09. The summed E-state index contributed by atoms with van der Waals surface area (Å²) in [6.45, 7) is 2.14. The van der Waals surface area contributed by atoms with Gasteiger partial charge >= 0.3 is 0 Å². The molecule has 0 amide bonds. The first-order valence-corrected chi connectivity index (χ1v) is 6.15. The van der Waals surface area contributed by atoms with Gasteiger partial charge in [-0.05, 0) is 35.2 Å². The van der Waals surface area contributed by atoms with Crippen molar-refractivity contribution in [2.45, 2.75) is 38.1 Å². The highest BCUT2D eigenvalue weighted by atomic mass is 79.9. The Hall–Kier alpha value is -0.510. The Balaban J connectivity index is 2.00. The maximum Gasteiger partial charge on any atom is 0.138 e. The van der Waals surface area contributed by atoms with Crippen molar-refractivity contribution >= 4 is 21.7 Å². The Morgan fingerprint density at radius 3 is 2.86 bits per heavy atom. The van der Waals surface area contributed by atoms with Crippen LogP contribution in [0.15, 0.2) is 4.47 Å². The van der Waals surface area contributed by atoms with Gasteiger partial charge in [0.25, 0.3) is 0 Å². The highest BCUT2D eigenvalue weighted by Gasteiger charge is 2.28. The maximum absolute atomic E-state index is 4.68. The molecule has 1 N–H and O–H groups in total. The molecule has 4 heteroatoms. The number of hydrogen-bond donors (Lipinski definition) is 1. The first-order valence-electron chi connectivity index (χ1n) is 5.36. The maximum atomic E-state index is 4.68. The number of nitrogens with one attached hydrogen (secondary N) is 1. The number of halogens is 1. The number of aryl methyl sites for hydroxylation is 1. The predicted octanol–water partition coefficient (Wildman–Crippen LogP) is 2.73. The smallest absolute Gasteiger partial charge is 0.138 e. The summed E-state index contributed by atoms with van der Waals surface area (Å²) in [7, 11) is 0. The molecule has 0 bridgehead atoms. The van der Waals surface area contributed by atoms with Crippen LogP contribution in [0.1, 0.15) is 37.3 Å². The molecule has 3 nitrogen and oxygen atoms in total. The second-order valence-electron chi connectivity index (χ2n) is 4.18. The van der Waals surface area contributed by atoms with Gasteiger partial charge in [0.2, 0.25) is 0 Å². The minimum absolute atomic E-state index is 0.712. The van der Waals surface area contributed by atoms with Crippen LogP contribution < -0.4 is 5.32 Å². The molecule has 2 aliphatic rings. The van der Waals surface area contributed by atoms with Gasteiger partial charge < -0.3 is 5.32 Å². The van der Waals surface area contributed by atoms with Gasteiger partial charge in [0.1, 0.15) is 5.82 Å². The van der Waals surface area contributed by atoms with Gasteiger partial charge in [0.05, 0.1) is 10.2 Å². The molecule has 76 valence electrons. The largest absolute Gasteiger partial charge is 0.369 e. The summed E-state index contributed by atoms with van der Waals surface area (Å²) in [4.78, 5) is 0. The van der Waals surface area contributed by atoms with Crippen molar-refractivity contribution in [3.63, 3.8) is 0 Å². The fourth-order valence-corrected chi connectivity index (χ4v) is 2.92. The van der Waals surface area contributed by atoms with Crippen molar-refractivity contribution in [1.29, 1.82) is 0 Å². The molecular weight excluding hydrogens is 242 g/mol. The van der Waals surface area contributed by atoms with Gasteiger partial charge in [0.15, 0.2) is 0 Å². The summed E-state index contributed by atoms with van der Waals surface area (Å²) in [6, 6.07) is 0. The van der Waals surface area contributed by atoms with Crippen LogP contribution in [0.25, 0.3) is 0 Å². The first-order chi connectivity index (χ1) is 6.86.